The van der Waals surface area contributed by atoms with Crippen molar-refractivity contribution in [3.63, 3.8) is 0 Å². The summed E-state index contributed by atoms with van der Waals surface area (Å²) in [6.45, 7) is 17.1. The maximum Gasteiger partial charge on any atom is 0.0949 e. The number of aromatic nitrogens is 2. The zero-order valence-corrected chi connectivity index (χ0v) is 18.4. The number of benzene rings is 2. The van der Waals surface area contributed by atoms with Gasteiger partial charge in [-0.1, -0.05) is 70.7 Å². The Hall–Kier alpha value is -2.61. The Labute approximate surface area is 175 Å². The highest BCUT2D eigenvalue weighted by molar-refractivity contribution is 5.80. The van der Waals surface area contributed by atoms with Crippen molar-refractivity contribution in [3.05, 3.63) is 95.1 Å². The number of aryl methyl sites for hydroxylation is 1. The lowest BCUT2D eigenvalue weighted by Crippen LogP contribution is -2.34. The van der Waals surface area contributed by atoms with Crippen LogP contribution in [0.15, 0.2) is 61.7 Å². The predicted octanol–water partition coefficient (Wildman–Crippen LogP) is 6.65. The summed E-state index contributed by atoms with van der Waals surface area (Å²) in [6.07, 6.45) is 8.13. The molecule has 0 atom stereocenters. The molecule has 2 aromatic carbocycles. The van der Waals surface area contributed by atoms with Crippen LogP contribution in [0.1, 0.15) is 73.9 Å². The Morgan fingerprint density at radius 2 is 1.62 bits per heavy atom. The van der Waals surface area contributed by atoms with E-state index in [1.165, 1.54) is 46.2 Å². The molecule has 1 aliphatic rings. The van der Waals surface area contributed by atoms with Crippen LogP contribution in [-0.2, 0) is 17.4 Å². The summed E-state index contributed by atoms with van der Waals surface area (Å²) in [5.41, 5.74) is 9.62. The lowest BCUT2D eigenvalue weighted by molar-refractivity contribution is 0.331. The third kappa shape index (κ3) is 3.69. The molecule has 0 N–H and O–H groups in total. The summed E-state index contributed by atoms with van der Waals surface area (Å²) in [4.78, 5) is 4.12. The van der Waals surface area contributed by atoms with Gasteiger partial charge in [-0.05, 0) is 69.5 Å². The van der Waals surface area contributed by atoms with Crippen molar-refractivity contribution in [2.24, 2.45) is 0 Å². The molecule has 3 aromatic rings. The standard InChI is InChI=1S/C27H32N2/c1-19-15-24-25(27(5,6)12-11-26(24,3)4)16-23(19)20(2)22-9-7-21(8-10-22)17-29-14-13-28-18-29/h7-10,13-16,18H,2,11-12,17H2,1,3-6H3. The molecule has 0 saturated heterocycles. The third-order valence-corrected chi connectivity index (χ3v) is 6.75. The molecule has 0 amide bonds. The molecule has 1 aromatic heterocycles. The van der Waals surface area contributed by atoms with Crippen LogP contribution in [-0.4, -0.2) is 9.55 Å². The lowest BCUT2D eigenvalue weighted by Gasteiger charge is -2.42. The van der Waals surface area contributed by atoms with Crippen molar-refractivity contribution in [1.82, 2.24) is 9.55 Å². The van der Waals surface area contributed by atoms with E-state index in [0.29, 0.717) is 0 Å². The van der Waals surface area contributed by atoms with E-state index >= 15 is 0 Å². The third-order valence-electron chi connectivity index (χ3n) is 6.75. The van der Waals surface area contributed by atoms with E-state index in [1.54, 1.807) is 0 Å². The highest BCUT2D eigenvalue weighted by Gasteiger charge is 2.37. The zero-order chi connectivity index (χ0) is 20.8. The second-order valence-electron chi connectivity index (χ2n) is 9.89. The molecule has 29 heavy (non-hydrogen) atoms. The Morgan fingerprint density at radius 3 is 2.21 bits per heavy atom. The molecular formula is C27H32N2. The van der Waals surface area contributed by atoms with Crippen molar-refractivity contribution < 1.29 is 0 Å². The maximum atomic E-state index is 4.48. The van der Waals surface area contributed by atoms with E-state index in [1.807, 2.05) is 18.7 Å². The second-order valence-corrected chi connectivity index (χ2v) is 9.89. The fourth-order valence-electron chi connectivity index (χ4n) is 4.61. The van der Waals surface area contributed by atoms with Crippen LogP contribution in [0.25, 0.3) is 5.57 Å². The van der Waals surface area contributed by atoms with E-state index in [0.717, 1.165) is 12.1 Å². The number of imidazole rings is 1. The molecule has 1 aliphatic carbocycles. The van der Waals surface area contributed by atoms with Crippen molar-refractivity contribution in [2.45, 2.75) is 64.8 Å². The van der Waals surface area contributed by atoms with E-state index in [2.05, 4.69) is 87.1 Å². The van der Waals surface area contributed by atoms with Crippen LogP contribution in [0.4, 0.5) is 0 Å². The van der Waals surface area contributed by atoms with E-state index in [9.17, 15) is 0 Å². The van der Waals surface area contributed by atoms with Crippen LogP contribution < -0.4 is 0 Å². The first-order chi connectivity index (χ1) is 13.7. The van der Waals surface area contributed by atoms with Gasteiger partial charge in [-0.2, -0.15) is 0 Å². The molecule has 2 nitrogen and oxygen atoms in total. The highest BCUT2D eigenvalue weighted by atomic mass is 15.0. The van der Waals surface area contributed by atoms with Gasteiger partial charge >= 0.3 is 0 Å². The predicted molar refractivity (Wildman–Crippen MR) is 122 cm³/mol. The normalized spacial score (nSPS) is 17.0. The van der Waals surface area contributed by atoms with Crippen LogP contribution in [0.5, 0.6) is 0 Å². The van der Waals surface area contributed by atoms with Gasteiger partial charge in [0.1, 0.15) is 0 Å². The minimum Gasteiger partial charge on any atom is -0.333 e. The van der Waals surface area contributed by atoms with Crippen LogP contribution >= 0.6 is 0 Å². The maximum absolute atomic E-state index is 4.48. The summed E-state index contributed by atoms with van der Waals surface area (Å²) in [5, 5.41) is 0. The fourth-order valence-corrected chi connectivity index (χ4v) is 4.61. The quantitative estimate of drug-likeness (QED) is 0.492. The number of hydrogen-bond acceptors (Lipinski definition) is 1. The van der Waals surface area contributed by atoms with Crippen molar-refractivity contribution in [2.75, 3.05) is 0 Å². The zero-order valence-electron chi connectivity index (χ0n) is 18.4. The first-order valence-corrected chi connectivity index (χ1v) is 10.6. The molecule has 0 fully saturated rings. The minimum atomic E-state index is 0.211. The molecular weight excluding hydrogens is 352 g/mol. The monoisotopic (exact) mass is 384 g/mol. The van der Waals surface area contributed by atoms with Crippen LogP contribution in [0.2, 0.25) is 0 Å². The molecule has 4 rings (SSSR count). The average molecular weight is 385 g/mol. The van der Waals surface area contributed by atoms with Gasteiger partial charge in [-0.15, -0.1) is 0 Å². The van der Waals surface area contributed by atoms with E-state index in [-0.39, 0.29) is 10.8 Å². The number of fused-ring (bicyclic) bond motifs is 1. The number of rotatable bonds is 4. The summed E-state index contributed by atoms with van der Waals surface area (Å²) < 4.78 is 2.08. The SMILES string of the molecule is C=C(c1ccc(Cn2ccnc2)cc1)c1cc2c(cc1C)C(C)(C)CCC2(C)C. The van der Waals surface area contributed by atoms with Gasteiger partial charge in [0.2, 0.25) is 0 Å². The van der Waals surface area contributed by atoms with Gasteiger partial charge in [0.05, 0.1) is 6.33 Å². The fraction of sp³-hybridized carbons (Fsp3) is 0.370. The second kappa shape index (κ2) is 7.02. The first kappa shape index (κ1) is 19.7. The van der Waals surface area contributed by atoms with Gasteiger partial charge in [-0.3, -0.25) is 0 Å². The summed E-state index contributed by atoms with van der Waals surface area (Å²) in [6, 6.07) is 13.6. The van der Waals surface area contributed by atoms with E-state index < -0.39 is 0 Å². The Balaban J connectivity index is 1.67. The van der Waals surface area contributed by atoms with Crippen molar-refractivity contribution in [1.29, 1.82) is 0 Å². The molecule has 0 aliphatic heterocycles. The summed E-state index contributed by atoms with van der Waals surface area (Å²) in [5.74, 6) is 0. The van der Waals surface area contributed by atoms with Crippen LogP contribution in [0.3, 0.4) is 0 Å². The topological polar surface area (TPSA) is 17.8 Å². The molecule has 0 unspecified atom stereocenters. The minimum absolute atomic E-state index is 0.211. The lowest BCUT2D eigenvalue weighted by atomic mass is 9.62. The smallest absolute Gasteiger partial charge is 0.0949 e. The molecule has 0 spiro atoms. The molecule has 0 saturated carbocycles. The molecule has 0 bridgehead atoms. The van der Waals surface area contributed by atoms with Gasteiger partial charge in [-0.25, -0.2) is 4.98 Å². The van der Waals surface area contributed by atoms with Gasteiger partial charge in [0.25, 0.3) is 0 Å². The van der Waals surface area contributed by atoms with Crippen LogP contribution in [0, 0.1) is 6.92 Å². The largest absolute Gasteiger partial charge is 0.333 e. The van der Waals surface area contributed by atoms with Gasteiger partial charge < -0.3 is 4.57 Å². The van der Waals surface area contributed by atoms with E-state index in [4.69, 9.17) is 0 Å². The van der Waals surface area contributed by atoms with Crippen molar-refractivity contribution >= 4 is 5.57 Å². The Bertz CT molecular complexity index is 1030. The molecule has 2 heteroatoms. The summed E-state index contributed by atoms with van der Waals surface area (Å²) in [7, 11) is 0. The van der Waals surface area contributed by atoms with Crippen molar-refractivity contribution in [3.8, 4) is 0 Å². The highest BCUT2D eigenvalue weighted by Crippen LogP contribution is 2.47. The molecule has 150 valence electrons. The number of hydrogen-bond donors (Lipinski definition) is 0. The van der Waals surface area contributed by atoms with Gasteiger partial charge in [0, 0.05) is 18.9 Å². The number of nitrogens with zero attached hydrogens (tertiary/aromatic N) is 2. The molecule has 0 radical (unpaired) electrons. The Morgan fingerprint density at radius 1 is 1.00 bits per heavy atom. The summed E-state index contributed by atoms with van der Waals surface area (Å²) >= 11 is 0. The first-order valence-electron chi connectivity index (χ1n) is 10.6. The van der Waals surface area contributed by atoms with Gasteiger partial charge in [0.15, 0.2) is 0 Å². The Kier molecular flexibility index (Phi) is 4.77. The average Bonchev–Trinajstić information content (AvgIpc) is 3.18. The molecule has 1 heterocycles.